The molecule has 96 valence electrons. The molecular weight excluding hydrogens is 244 g/mol. The molecule has 0 unspecified atom stereocenters. The Morgan fingerprint density at radius 1 is 1.67 bits per heavy atom. The van der Waals surface area contributed by atoms with Gasteiger partial charge >= 0.3 is 5.97 Å². The average molecular weight is 255 g/mol. The topological polar surface area (TPSA) is 89.0 Å². The van der Waals surface area contributed by atoms with Crippen LogP contribution < -0.4 is 5.73 Å². The maximum absolute atomic E-state index is 12.5. The molecule has 0 aliphatic rings. The molecule has 1 heterocycles. The third-order valence-electron chi connectivity index (χ3n) is 2.19. The van der Waals surface area contributed by atoms with Gasteiger partial charge in [-0.1, -0.05) is 0 Å². The van der Waals surface area contributed by atoms with Crippen molar-refractivity contribution in [2.75, 3.05) is 12.3 Å². The lowest BCUT2D eigenvalue weighted by atomic mass is 10.1. The number of rotatable bonds is 4. The Hall–Kier alpha value is -2.23. The largest absolute Gasteiger partial charge is 0.466 e. The first-order valence-corrected chi connectivity index (χ1v) is 5.12. The van der Waals surface area contributed by atoms with Gasteiger partial charge in [0.15, 0.2) is 0 Å². The number of nitrogen functional groups attached to an aromatic ring is 1. The lowest BCUT2D eigenvalue weighted by Gasteiger charge is -2.09. The summed E-state index contributed by atoms with van der Waals surface area (Å²) >= 11 is 0. The zero-order valence-electron chi connectivity index (χ0n) is 9.61. The predicted molar refractivity (Wildman–Crippen MR) is 58.7 cm³/mol. The smallest absolute Gasteiger partial charge is 0.310 e. The van der Waals surface area contributed by atoms with Gasteiger partial charge in [-0.05, 0) is 6.92 Å². The summed E-state index contributed by atoms with van der Waals surface area (Å²) in [6.45, 7) is 1.84. The molecular formula is C11H11F2N3O2. The Labute approximate surface area is 102 Å². The van der Waals surface area contributed by atoms with Crippen molar-refractivity contribution in [3.63, 3.8) is 0 Å². The number of carbonyl (C=O) groups is 1. The molecule has 0 saturated heterocycles. The molecule has 0 saturated carbocycles. The molecule has 1 aromatic rings. The SMILES string of the molecule is CCOC(=O)Cc1cnc(C(F)F)c(C#N)c1N. The van der Waals surface area contributed by atoms with E-state index in [0.717, 1.165) is 6.20 Å². The van der Waals surface area contributed by atoms with Gasteiger partial charge in [-0.15, -0.1) is 0 Å². The fraction of sp³-hybridized carbons (Fsp3) is 0.364. The molecule has 7 heteroatoms. The summed E-state index contributed by atoms with van der Waals surface area (Å²) < 4.78 is 29.8. The lowest BCUT2D eigenvalue weighted by molar-refractivity contribution is -0.142. The molecule has 1 rings (SSSR count). The second kappa shape index (κ2) is 5.91. The number of nitriles is 1. The third-order valence-corrected chi connectivity index (χ3v) is 2.19. The molecule has 0 radical (unpaired) electrons. The van der Waals surface area contributed by atoms with Crippen molar-refractivity contribution >= 4 is 11.7 Å². The van der Waals surface area contributed by atoms with Gasteiger partial charge in [-0.2, -0.15) is 5.26 Å². The lowest BCUT2D eigenvalue weighted by Crippen LogP contribution is -2.12. The monoisotopic (exact) mass is 255 g/mol. The molecule has 2 N–H and O–H groups in total. The van der Waals surface area contributed by atoms with Crippen LogP contribution in [0.2, 0.25) is 0 Å². The van der Waals surface area contributed by atoms with E-state index >= 15 is 0 Å². The van der Waals surface area contributed by atoms with Gasteiger partial charge in [0.05, 0.1) is 18.7 Å². The average Bonchev–Trinajstić information content (AvgIpc) is 2.31. The summed E-state index contributed by atoms with van der Waals surface area (Å²) in [6, 6.07) is 1.57. The fourth-order valence-electron chi connectivity index (χ4n) is 1.37. The summed E-state index contributed by atoms with van der Waals surface area (Å²) in [5, 5.41) is 8.79. The van der Waals surface area contributed by atoms with Crippen molar-refractivity contribution in [2.24, 2.45) is 0 Å². The number of ether oxygens (including phenoxy) is 1. The van der Waals surface area contributed by atoms with Crippen LogP contribution in [0.5, 0.6) is 0 Å². The first kappa shape index (κ1) is 13.8. The number of aromatic nitrogens is 1. The highest BCUT2D eigenvalue weighted by atomic mass is 19.3. The number of pyridine rings is 1. The van der Waals surface area contributed by atoms with Gasteiger partial charge in [-0.3, -0.25) is 9.78 Å². The molecule has 18 heavy (non-hydrogen) atoms. The zero-order valence-corrected chi connectivity index (χ0v) is 9.61. The van der Waals surface area contributed by atoms with Gasteiger partial charge in [0.25, 0.3) is 6.43 Å². The summed E-state index contributed by atoms with van der Waals surface area (Å²) in [7, 11) is 0. The number of carbonyl (C=O) groups excluding carboxylic acids is 1. The van der Waals surface area contributed by atoms with Crippen LogP contribution in [0.3, 0.4) is 0 Å². The van der Waals surface area contributed by atoms with Gasteiger partial charge in [0, 0.05) is 11.8 Å². The highest BCUT2D eigenvalue weighted by molar-refractivity contribution is 5.76. The van der Waals surface area contributed by atoms with Crippen LogP contribution in [0.4, 0.5) is 14.5 Å². The number of esters is 1. The predicted octanol–water partition coefficient (Wildman–Crippen LogP) is 1.58. The maximum Gasteiger partial charge on any atom is 0.310 e. The van der Waals surface area contributed by atoms with Crippen molar-refractivity contribution in [2.45, 2.75) is 19.8 Å². The number of alkyl halides is 2. The number of hydrogen-bond acceptors (Lipinski definition) is 5. The standard InChI is InChI=1S/C11H11F2N3O2/c1-2-18-8(17)3-6-5-16-10(11(12)13)7(4-14)9(6)15/h5,11H,2-3H2,1H3,(H2,15,16). The Bertz CT molecular complexity index is 498. The van der Waals surface area contributed by atoms with E-state index in [2.05, 4.69) is 4.98 Å². The highest BCUT2D eigenvalue weighted by Crippen LogP contribution is 2.26. The fourth-order valence-corrected chi connectivity index (χ4v) is 1.37. The Kier molecular flexibility index (Phi) is 4.54. The summed E-state index contributed by atoms with van der Waals surface area (Å²) in [5.74, 6) is -0.556. The van der Waals surface area contributed by atoms with Crippen LogP contribution in [0.25, 0.3) is 0 Å². The first-order valence-electron chi connectivity index (χ1n) is 5.12. The van der Waals surface area contributed by atoms with Gasteiger partial charge < -0.3 is 10.5 Å². The molecule has 0 amide bonds. The van der Waals surface area contributed by atoms with Crippen molar-refractivity contribution < 1.29 is 18.3 Å². The number of hydrogen-bond donors (Lipinski definition) is 1. The summed E-state index contributed by atoms with van der Waals surface area (Å²) in [4.78, 5) is 14.7. The van der Waals surface area contributed by atoms with E-state index in [1.54, 1.807) is 13.0 Å². The van der Waals surface area contributed by atoms with Crippen molar-refractivity contribution in [3.8, 4) is 6.07 Å². The molecule has 0 aliphatic heterocycles. The van der Waals surface area contributed by atoms with Gasteiger partial charge in [0.2, 0.25) is 0 Å². The highest BCUT2D eigenvalue weighted by Gasteiger charge is 2.20. The molecule has 5 nitrogen and oxygen atoms in total. The van der Waals surface area contributed by atoms with Crippen LogP contribution in [0.15, 0.2) is 6.20 Å². The molecule has 0 aromatic carbocycles. The normalized spacial score (nSPS) is 10.2. The van der Waals surface area contributed by atoms with Crippen LogP contribution in [-0.2, 0) is 16.0 Å². The van der Waals surface area contributed by atoms with Crippen LogP contribution in [0, 0.1) is 11.3 Å². The van der Waals surface area contributed by atoms with Crippen LogP contribution >= 0.6 is 0 Å². The first-order chi connectivity index (χ1) is 8.51. The minimum Gasteiger partial charge on any atom is -0.466 e. The maximum atomic E-state index is 12.5. The van der Waals surface area contributed by atoms with E-state index < -0.39 is 23.7 Å². The van der Waals surface area contributed by atoms with E-state index in [0.29, 0.717) is 0 Å². The Balaban J connectivity index is 3.11. The third kappa shape index (κ3) is 2.91. The molecule has 0 spiro atoms. The molecule has 1 aromatic heterocycles. The molecule has 0 bridgehead atoms. The minimum atomic E-state index is -2.89. The molecule has 0 atom stereocenters. The summed E-state index contributed by atoms with van der Waals surface area (Å²) in [5.41, 5.74) is 4.55. The van der Waals surface area contributed by atoms with E-state index in [4.69, 9.17) is 15.7 Å². The molecule has 0 aliphatic carbocycles. The van der Waals surface area contributed by atoms with Gasteiger partial charge in [-0.25, -0.2) is 8.78 Å². The number of nitrogens with two attached hydrogens (primary N) is 1. The van der Waals surface area contributed by atoms with Crippen LogP contribution in [0.1, 0.15) is 30.2 Å². The second-order valence-corrected chi connectivity index (χ2v) is 3.35. The number of nitrogens with zero attached hydrogens (tertiary/aromatic N) is 2. The summed E-state index contributed by atoms with van der Waals surface area (Å²) in [6.07, 6.45) is -2.03. The van der Waals surface area contributed by atoms with E-state index in [9.17, 15) is 13.6 Å². The Morgan fingerprint density at radius 3 is 2.83 bits per heavy atom. The Morgan fingerprint density at radius 2 is 2.33 bits per heavy atom. The van der Waals surface area contributed by atoms with E-state index in [1.807, 2.05) is 0 Å². The van der Waals surface area contributed by atoms with E-state index in [-0.39, 0.29) is 24.3 Å². The minimum absolute atomic E-state index is 0.157. The van der Waals surface area contributed by atoms with E-state index in [1.165, 1.54) is 0 Å². The van der Waals surface area contributed by atoms with Crippen LogP contribution in [-0.4, -0.2) is 17.6 Å². The van der Waals surface area contributed by atoms with Gasteiger partial charge in [0.1, 0.15) is 17.3 Å². The number of halogens is 2. The van der Waals surface area contributed by atoms with Crippen molar-refractivity contribution in [1.29, 1.82) is 5.26 Å². The zero-order chi connectivity index (χ0) is 13.7. The second-order valence-electron chi connectivity index (χ2n) is 3.35. The number of anilines is 1. The quantitative estimate of drug-likeness (QED) is 0.825. The van der Waals surface area contributed by atoms with Crippen molar-refractivity contribution in [1.82, 2.24) is 4.98 Å². The molecule has 0 fully saturated rings. The van der Waals surface area contributed by atoms with Crippen molar-refractivity contribution in [3.05, 3.63) is 23.0 Å².